The Bertz CT molecular complexity index is 2780. The Morgan fingerprint density at radius 1 is 0.320 bits per heavy atom. The van der Waals surface area contributed by atoms with E-state index in [1.165, 1.54) is 82.2 Å². The molecule has 0 saturated carbocycles. The van der Waals surface area contributed by atoms with E-state index in [1.54, 1.807) is 0 Å². The van der Waals surface area contributed by atoms with Crippen molar-refractivity contribution < 1.29 is 4.42 Å². The van der Waals surface area contributed by atoms with E-state index in [0.717, 1.165) is 33.1 Å². The maximum atomic E-state index is 6.53. The lowest BCUT2D eigenvalue weighted by Gasteiger charge is -2.22. The highest BCUT2D eigenvalue weighted by Gasteiger charge is 2.21. The van der Waals surface area contributed by atoms with Crippen LogP contribution in [0.25, 0.3) is 88.0 Å². The van der Waals surface area contributed by atoms with Crippen LogP contribution in [0.2, 0.25) is 0 Å². The molecule has 0 spiro atoms. The summed E-state index contributed by atoms with van der Waals surface area (Å²) in [6.07, 6.45) is 0. The summed E-state index contributed by atoms with van der Waals surface area (Å²) in [7, 11) is 11.4. The van der Waals surface area contributed by atoms with Crippen molar-refractivity contribution in [1.82, 2.24) is 0 Å². The minimum absolute atomic E-state index is 0.915. The van der Waals surface area contributed by atoms with Gasteiger partial charge in [0.2, 0.25) is 0 Å². The van der Waals surface area contributed by atoms with E-state index in [1.807, 2.05) is 6.07 Å². The third kappa shape index (κ3) is 4.62. The molecule has 1 aromatic heterocycles. The van der Waals surface area contributed by atoms with Gasteiger partial charge in [-0.05, 0) is 78.7 Å². The van der Waals surface area contributed by atoms with Gasteiger partial charge < -0.3 is 4.42 Å². The molecule has 0 saturated heterocycles. The first kappa shape index (κ1) is 30.5. The Hall–Kier alpha value is -5.60. The molecule has 1 heterocycles. The molecule has 9 rings (SSSR count). The van der Waals surface area contributed by atoms with Crippen LogP contribution in [-0.2, 0) is 0 Å². The Kier molecular flexibility index (Phi) is 7.18. The van der Waals surface area contributed by atoms with Crippen LogP contribution in [0.4, 0.5) is 0 Å². The van der Waals surface area contributed by atoms with Gasteiger partial charge >= 0.3 is 0 Å². The van der Waals surface area contributed by atoms with Crippen molar-refractivity contribution in [3.8, 4) is 44.5 Å². The van der Waals surface area contributed by atoms with Crippen LogP contribution in [-0.4, -0.2) is 39.2 Å². The lowest BCUT2D eigenvalue weighted by Crippen LogP contribution is -2.55. The van der Waals surface area contributed by atoms with Crippen molar-refractivity contribution in [2.45, 2.75) is 0 Å². The molecule has 0 aliphatic carbocycles. The molecule has 0 amide bonds. The summed E-state index contributed by atoms with van der Waals surface area (Å²) >= 11 is 0. The molecule has 0 aliphatic heterocycles. The Labute approximate surface area is 297 Å². The minimum Gasteiger partial charge on any atom is -0.455 e. The Balaban J connectivity index is 1.41. The van der Waals surface area contributed by atoms with Crippen LogP contribution < -0.4 is 27.3 Å². The van der Waals surface area contributed by atoms with Gasteiger partial charge in [0.1, 0.15) is 50.4 Å². The first-order chi connectivity index (χ1) is 24.4. The molecule has 0 N–H and O–H groups in total. The fraction of sp³-hybridized carbons (Fsp3) is 0. The molecule has 0 bridgehead atoms. The van der Waals surface area contributed by atoms with Crippen molar-refractivity contribution >= 4 is 110 Å². The first-order valence-electron chi connectivity index (χ1n) is 17.5. The third-order valence-corrected chi connectivity index (χ3v) is 11.2. The summed E-state index contributed by atoms with van der Waals surface area (Å²) in [5, 5.41) is 7.28. The van der Waals surface area contributed by atoms with Crippen molar-refractivity contribution in [2.24, 2.45) is 0 Å². The summed E-state index contributed by atoms with van der Waals surface area (Å²) in [6.45, 7) is 0. The van der Waals surface area contributed by atoms with Gasteiger partial charge in [-0.3, -0.25) is 0 Å². The predicted octanol–water partition coefficient (Wildman–Crippen LogP) is 3.85. The lowest BCUT2D eigenvalue weighted by atomic mass is 9.59. The maximum absolute atomic E-state index is 6.53. The van der Waals surface area contributed by atoms with Crippen molar-refractivity contribution in [3.05, 3.63) is 140 Å². The highest BCUT2D eigenvalue weighted by atomic mass is 16.3. The highest BCUT2D eigenvalue weighted by Crippen LogP contribution is 2.46. The quantitative estimate of drug-likeness (QED) is 0.213. The van der Waals surface area contributed by atoms with Crippen LogP contribution in [0.15, 0.2) is 144 Å². The molecule has 230 valence electrons. The van der Waals surface area contributed by atoms with Crippen LogP contribution in [0.3, 0.4) is 0 Å². The molecule has 0 atom stereocenters. The molecule has 0 unspecified atom stereocenters. The average molecular weight is 632 g/mol. The second kappa shape index (κ2) is 11.8. The standard InChI is InChI=1S/C44H33B5O/c45-39-38(40(46)42(48)43(49)41(39)47)27-19-21-31-34(23-27)37(25-12-5-2-6-13-25)30-20-18-26(22-33(30)36(31)24-10-3-1-4-11-24)28-15-9-16-32-29-14-7-8-17-35(29)50-44(28)32/h1-23H,45-49H2. The van der Waals surface area contributed by atoms with Gasteiger partial charge in [0.25, 0.3) is 0 Å². The SMILES string of the molecule is Bc1c(B)c(B)c(-c2ccc3c(-c4ccccc4)c4cc(-c5cccc6c5oc5ccccc56)ccc4c(-c4ccccc4)c3c2)c(B)c1B. The summed E-state index contributed by atoms with van der Waals surface area (Å²) in [4.78, 5) is 0. The molecular formula is C44H33B5O. The summed E-state index contributed by atoms with van der Waals surface area (Å²) in [5.74, 6) is 0. The van der Waals surface area contributed by atoms with Crippen molar-refractivity contribution in [2.75, 3.05) is 0 Å². The first-order valence-corrected chi connectivity index (χ1v) is 17.5. The fourth-order valence-electron chi connectivity index (χ4n) is 8.29. The second-order valence-corrected chi connectivity index (χ2v) is 13.8. The van der Waals surface area contributed by atoms with Crippen LogP contribution in [0, 0.1) is 0 Å². The largest absolute Gasteiger partial charge is 0.455 e. The molecule has 9 aromatic rings. The monoisotopic (exact) mass is 632 g/mol. The molecule has 0 aliphatic rings. The van der Waals surface area contributed by atoms with Crippen molar-refractivity contribution in [3.63, 3.8) is 0 Å². The molecular weight excluding hydrogens is 599 g/mol. The molecule has 8 aromatic carbocycles. The normalized spacial score (nSPS) is 11.6. The number of hydrogen-bond acceptors (Lipinski definition) is 1. The maximum Gasteiger partial charge on any atom is 0.143 e. The van der Waals surface area contributed by atoms with E-state index < -0.39 is 0 Å². The van der Waals surface area contributed by atoms with Gasteiger partial charge in [0.05, 0.1) is 0 Å². The van der Waals surface area contributed by atoms with Gasteiger partial charge in [0.15, 0.2) is 0 Å². The highest BCUT2D eigenvalue weighted by molar-refractivity contribution is 6.68. The number of rotatable bonds is 4. The third-order valence-electron chi connectivity index (χ3n) is 11.2. The lowest BCUT2D eigenvalue weighted by molar-refractivity contribution is 0.670. The number of hydrogen-bond donors (Lipinski definition) is 0. The minimum atomic E-state index is 0.915. The van der Waals surface area contributed by atoms with Crippen molar-refractivity contribution in [1.29, 1.82) is 0 Å². The average Bonchev–Trinajstić information content (AvgIpc) is 3.55. The number of furan rings is 1. The Morgan fingerprint density at radius 3 is 1.44 bits per heavy atom. The molecule has 6 heteroatoms. The number of benzene rings is 8. The van der Waals surface area contributed by atoms with Gasteiger partial charge in [-0.1, -0.05) is 132 Å². The van der Waals surface area contributed by atoms with Gasteiger partial charge in [-0.2, -0.15) is 0 Å². The zero-order chi connectivity index (χ0) is 34.1. The molecule has 0 fully saturated rings. The van der Waals surface area contributed by atoms with Crippen LogP contribution in [0.5, 0.6) is 0 Å². The Morgan fingerprint density at radius 2 is 0.820 bits per heavy atom. The number of para-hydroxylation sites is 2. The zero-order valence-electron chi connectivity index (χ0n) is 29.2. The molecule has 0 radical (unpaired) electrons. The summed E-state index contributed by atoms with van der Waals surface area (Å²) in [6, 6.07) is 50.8. The van der Waals surface area contributed by atoms with E-state index in [4.69, 9.17) is 4.42 Å². The fourth-order valence-corrected chi connectivity index (χ4v) is 8.29. The smallest absolute Gasteiger partial charge is 0.143 e. The van der Waals surface area contributed by atoms with E-state index in [2.05, 4.69) is 173 Å². The molecule has 1 nitrogen and oxygen atoms in total. The van der Waals surface area contributed by atoms with Gasteiger partial charge in [0, 0.05) is 16.3 Å². The van der Waals surface area contributed by atoms with E-state index >= 15 is 0 Å². The van der Waals surface area contributed by atoms with E-state index in [-0.39, 0.29) is 0 Å². The van der Waals surface area contributed by atoms with Crippen LogP contribution >= 0.6 is 0 Å². The van der Waals surface area contributed by atoms with Gasteiger partial charge in [-0.15, -0.1) is 16.4 Å². The zero-order valence-corrected chi connectivity index (χ0v) is 29.2. The predicted molar refractivity (Wildman–Crippen MR) is 231 cm³/mol. The van der Waals surface area contributed by atoms with Crippen LogP contribution in [0.1, 0.15) is 0 Å². The van der Waals surface area contributed by atoms with E-state index in [0.29, 0.717) is 0 Å². The summed E-state index contributed by atoms with van der Waals surface area (Å²) < 4.78 is 6.53. The summed E-state index contributed by atoms with van der Waals surface area (Å²) in [5.41, 5.74) is 18.5. The number of fused-ring (bicyclic) bond motifs is 5. The van der Waals surface area contributed by atoms with Gasteiger partial charge in [-0.25, -0.2) is 0 Å². The second-order valence-electron chi connectivity index (χ2n) is 13.8. The molecule has 50 heavy (non-hydrogen) atoms. The topological polar surface area (TPSA) is 13.1 Å². The van der Waals surface area contributed by atoms with E-state index in [9.17, 15) is 0 Å².